The molecular formula is C16H16N2O4. The lowest BCUT2D eigenvalue weighted by Crippen LogP contribution is -2.21. The lowest BCUT2D eigenvalue weighted by atomic mass is 10.0. The van der Waals surface area contributed by atoms with Gasteiger partial charge >= 0.3 is 5.97 Å². The van der Waals surface area contributed by atoms with Crippen molar-refractivity contribution in [2.45, 2.75) is 6.10 Å². The van der Waals surface area contributed by atoms with Gasteiger partial charge in [-0.25, -0.2) is 9.78 Å². The first-order valence-electron chi connectivity index (χ1n) is 6.62. The summed E-state index contributed by atoms with van der Waals surface area (Å²) in [6, 6.07) is 11.9. The van der Waals surface area contributed by atoms with Crippen molar-refractivity contribution in [3.05, 3.63) is 65.0 Å². The first kappa shape index (κ1) is 15.7. The average Bonchev–Trinajstić information content (AvgIpc) is 2.55. The standard InChI is InChI=1S/C16H16N2O4/c1-17-15(19)13-9-11(16(20)21)8-12(18-13)14(22-2)10-6-4-3-5-7-10/h3-9,14H,1-2H3,(H,17,19)(H,20,21). The highest BCUT2D eigenvalue weighted by atomic mass is 16.5. The van der Waals surface area contributed by atoms with Gasteiger partial charge in [-0.05, 0) is 17.7 Å². The maximum atomic E-state index is 11.8. The minimum absolute atomic E-state index is 0.0124. The molecule has 1 atom stereocenters. The minimum atomic E-state index is -1.13. The molecule has 2 aromatic rings. The lowest BCUT2D eigenvalue weighted by molar-refractivity contribution is 0.0696. The molecule has 114 valence electrons. The van der Waals surface area contributed by atoms with Crippen LogP contribution in [0, 0.1) is 0 Å². The number of hydrogen-bond donors (Lipinski definition) is 2. The molecule has 0 bridgehead atoms. The van der Waals surface area contributed by atoms with E-state index in [4.69, 9.17) is 4.74 Å². The molecule has 2 N–H and O–H groups in total. The molecule has 0 saturated heterocycles. The fourth-order valence-electron chi connectivity index (χ4n) is 2.11. The predicted molar refractivity (Wildman–Crippen MR) is 79.9 cm³/mol. The minimum Gasteiger partial charge on any atom is -0.478 e. The number of nitrogens with one attached hydrogen (secondary N) is 1. The molecule has 1 heterocycles. The average molecular weight is 300 g/mol. The fourth-order valence-corrected chi connectivity index (χ4v) is 2.11. The molecule has 1 amide bonds. The highest BCUT2D eigenvalue weighted by Crippen LogP contribution is 2.25. The Morgan fingerprint density at radius 3 is 2.45 bits per heavy atom. The number of carbonyl (C=O) groups is 2. The Kier molecular flexibility index (Phi) is 4.85. The van der Waals surface area contributed by atoms with Crippen molar-refractivity contribution in [1.82, 2.24) is 10.3 Å². The maximum absolute atomic E-state index is 11.8. The Balaban J connectivity index is 2.55. The molecule has 0 aliphatic rings. The van der Waals surface area contributed by atoms with Crippen LogP contribution < -0.4 is 5.32 Å². The van der Waals surface area contributed by atoms with Crippen LogP contribution in [0.3, 0.4) is 0 Å². The van der Waals surface area contributed by atoms with E-state index in [1.54, 1.807) is 0 Å². The van der Waals surface area contributed by atoms with Crippen LogP contribution in [-0.4, -0.2) is 36.1 Å². The normalized spacial score (nSPS) is 11.7. The van der Waals surface area contributed by atoms with E-state index in [2.05, 4.69) is 10.3 Å². The summed E-state index contributed by atoms with van der Waals surface area (Å²) in [5, 5.41) is 11.6. The molecule has 1 aromatic heterocycles. The number of rotatable bonds is 5. The zero-order valence-electron chi connectivity index (χ0n) is 12.2. The van der Waals surface area contributed by atoms with Gasteiger partial charge in [0.15, 0.2) is 0 Å². The van der Waals surface area contributed by atoms with E-state index in [9.17, 15) is 14.7 Å². The summed E-state index contributed by atoms with van der Waals surface area (Å²) in [6.45, 7) is 0. The molecule has 0 aliphatic heterocycles. The zero-order chi connectivity index (χ0) is 16.1. The molecule has 0 radical (unpaired) electrons. The van der Waals surface area contributed by atoms with Gasteiger partial charge in [0.2, 0.25) is 0 Å². The van der Waals surface area contributed by atoms with Gasteiger partial charge in [-0.3, -0.25) is 4.79 Å². The van der Waals surface area contributed by atoms with Crippen LogP contribution in [0.25, 0.3) is 0 Å². The molecule has 2 rings (SSSR count). The van der Waals surface area contributed by atoms with Crippen LogP contribution >= 0.6 is 0 Å². The van der Waals surface area contributed by atoms with Crippen LogP contribution in [0.2, 0.25) is 0 Å². The smallest absolute Gasteiger partial charge is 0.335 e. The predicted octanol–water partition coefficient (Wildman–Crippen LogP) is 1.88. The molecule has 6 heteroatoms. The number of hydrogen-bond acceptors (Lipinski definition) is 4. The summed E-state index contributed by atoms with van der Waals surface area (Å²) >= 11 is 0. The zero-order valence-corrected chi connectivity index (χ0v) is 12.2. The third-order valence-electron chi connectivity index (χ3n) is 3.16. The molecule has 0 saturated carbocycles. The van der Waals surface area contributed by atoms with E-state index in [1.165, 1.54) is 26.3 Å². The molecular weight excluding hydrogens is 284 g/mol. The van der Waals surface area contributed by atoms with Crippen molar-refractivity contribution >= 4 is 11.9 Å². The Hall–Kier alpha value is -2.73. The van der Waals surface area contributed by atoms with E-state index in [0.717, 1.165) is 5.56 Å². The second kappa shape index (κ2) is 6.82. The summed E-state index contributed by atoms with van der Waals surface area (Å²) in [5.41, 5.74) is 1.21. The number of aromatic nitrogens is 1. The highest BCUT2D eigenvalue weighted by molar-refractivity contribution is 5.95. The van der Waals surface area contributed by atoms with Crippen LogP contribution in [0.5, 0.6) is 0 Å². The van der Waals surface area contributed by atoms with Crippen molar-refractivity contribution in [2.75, 3.05) is 14.2 Å². The van der Waals surface area contributed by atoms with Gasteiger partial charge in [0.1, 0.15) is 11.8 Å². The molecule has 0 spiro atoms. The van der Waals surface area contributed by atoms with Gasteiger partial charge in [0.25, 0.3) is 5.91 Å². The monoisotopic (exact) mass is 300 g/mol. The first-order valence-corrected chi connectivity index (χ1v) is 6.62. The topological polar surface area (TPSA) is 88.5 Å². The van der Waals surface area contributed by atoms with E-state index >= 15 is 0 Å². The van der Waals surface area contributed by atoms with Crippen LogP contribution in [0.1, 0.15) is 38.2 Å². The number of nitrogens with zero attached hydrogens (tertiary/aromatic N) is 1. The molecule has 6 nitrogen and oxygen atoms in total. The Morgan fingerprint density at radius 1 is 1.23 bits per heavy atom. The van der Waals surface area contributed by atoms with Gasteiger partial charge in [-0.1, -0.05) is 30.3 Å². The molecule has 0 aliphatic carbocycles. The number of aromatic carboxylic acids is 1. The van der Waals surface area contributed by atoms with Crippen molar-refractivity contribution in [2.24, 2.45) is 0 Å². The third kappa shape index (κ3) is 3.29. The molecule has 22 heavy (non-hydrogen) atoms. The molecule has 1 unspecified atom stereocenters. The van der Waals surface area contributed by atoms with E-state index in [-0.39, 0.29) is 11.3 Å². The quantitative estimate of drug-likeness (QED) is 0.880. The number of benzene rings is 1. The van der Waals surface area contributed by atoms with Gasteiger partial charge in [0, 0.05) is 14.2 Å². The highest BCUT2D eigenvalue weighted by Gasteiger charge is 2.20. The summed E-state index contributed by atoms with van der Waals surface area (Å²) in [4.78, 5) is 27.3. The van der Waals surface area contributed by atoms with Crippen molar-refractivity contribution in [3.63, 3.8) is 0 Å². The van der Waals surface area contributed by atoms with Crippen LogP contribution in [0.15, 0.2) is 42.5 Å². The van der Waals surface area contributed by atoms with Gasteiger partial charge < -0.3 is 15.2 Å². The summed E-state index contributed by atoms with van der Waals surface area (Å²) in [5.74, 6) is -1.58. The van der Waals surface area contributed by atoms with Crippen LogP contribution in [0.4, 0.5) is 0 Å². The number of carboxylic acids is 1. The van der Waals surface area contributed by atoms with Crippen LogP contribution in [-0.2, 0) is 4.74 Å². The number of carboxylic acid groups (broad SMARTS) is 1. The van der Waals surface area contributed by atoms with Gasteiger partial charge in [-0.2, -0.15) is 0 Å². The van der Waals surface area contributed by atoms with Crippen molar-refractivity contribution in [1.29, 1.82) is 0 Å². The van der Waals surface area contributed by atoms with Gasteiger partial charge in [-0.15, -0.1) is 0 Å². The third-order valence-corrected chi connectivity index (χ3v) is 3.16. The summed E-state index contributed by atoms with van der Waals surface area (Å²) in [7, 11) is 2.97. The summed E-state index contributed by atoms with van der Waals surface area (Å²) < 4.78 is 5.44. The number of methoxy groups -OCH3 is 1. The second-order valence-electron chi connectivity index (χ2n) is 4.58. The number of amides is 1. The maximum Gasteiger partial charge on any atom is 0.335 e. The van der Waals surface area contributed by atoms with E-state index in [1.807, 2.05) is 30.3 Å². The first-order chi connectivity index (χ1) is 10.6. The van der Waals surface area contributed by atoms with E-state index < -0.39 is 18.0 Å². The largest absolute Gasteiger partial charge is 0.478 e. The Morgan fingerprint density at radius 2 is 1.91 bits per heavy atom. The Labute approximate surface area is 127 Å². The molecule has 1 aromatic carbocycles. The second-order valence-corrected chi connectivity index (χ2v) is 4.58. The summed E-state index contributed by atoms with van der Waals surface area (Å²) in [6.07, 6.45) is -0.552. The van der Waals surface area contributed by atoms with Crippen molar-refractivity contribution < 1.29 is 19.4 Å². The SMILES string of the molecule is CNC(=O)c1cc(C(=O)O)cc(C(OC)c2ccccc2)n1. The lowest BCUT2D eigenvalue weighted by Gasteiger charge is -2.16. The molecule has 0 fully saturated rings. The van der Waals surface area contributed by atoms with Gasteiger partial charge in [0.05, 0.1) is 11.3 Å². The van der Waals surface area contributed by atoms with E-state index in [0.29, 0.717) is 5.69 Å². The number of pyridine rings is 1. The number of carbonyl (C=O) groups excluding carboxylic acids is 1. The fraction of sp³-hybridized carbons (Fsp3) is 0.188. The van der Waals surface area contributed by atoms with Crippen molar-refractivity contribution in [3.8, 4) is 0 Å². The Bertz CT molecular complexity index is 686. The number of ether oxygens (including phenoxy) is 1.